The molecule has 4 nitrogen and oxygen atoms in total. The number of anilines is 2. The van der Waals surface area contributed by atoms with E-state index in [-0.39, 0.29) is 42.3 Å². The highest BCUT2D eigenvalue weighted by atomic mass is 35.5. The number of nitrogens with one attached hydrogen (secondary N) is 2. The number of carbonyl (C=O) groups excluding carboxylic acids is 1. The highest BCUT2D eigenvalue weighted by Gasteiger charge is 2.31. The molecule has 1 heterocycles. The average Bonchev–Trinajstić information content (AvgIpc) is 2.47. The molecule has 138 valence electrons. The van der Waals surface area contributed by atoms with E-state index in [1.54, 1.807) is 19.0 Å². The van der Waals surface area contributed by atoms with E-state index < -0.39 is 11.7 Å². The van der Waals surface area contributed by atoms with Crippen LogP contribution in [0.1, 0.15) is 18.4 Å². The second-order valence-electron chi connectivity index (χ2n) is 5.66. The van der Waals surface area contributed by atoms with Crippen LogP contribution in [0.15, 0.2) is 18.2 Å². The van der Waals surface area contributed by atoms with Crippen LogP contribution >= 0.6 is 24.8 Å². The van der Waals surface area contributed by atoms with Gasteiger partial charge in [-0.2, -0.15) is 13.2 Å². The van der Waals surface area contributed by atoms with E-state index in [0.717, 1.165) is 31.5 Å². The summed E-state index contributed by atoms with van der Waals surface area (Å²) in [7, 11) is 3.45. The summed E-state index contributed by atoms with van der Waals surface area (Å²) >= 11 is 0. The van der Waals surface area contributed by atoms with Crippen molar-refractivity contribution >= 4 is 42.1 Å². The summed E-state index contributed by atoms with van der Waals surface area (Å²) in [6.45, 7) is 1.43. The Labute approximate surface area is 152 Å². The number of halogens is 5. The monoisotopic (exact) mass is 387 g/mol. The van der Waals surface area contributed by atoms with E-state index in [0.29, 0.717) is 12.2 Å². The molecule has 1 fully saturated rings. The fourth-order valence-electron chi connectivity index (χ4n) is 2.51. The number of hydrogen-bond acceptors (Lipinski definition) is 3. The van der Waals surface area contributed by atoms with Crippen molar-refractivity contribution in [3.05, 3.63) is 23.8 Å². The quantitative estimate of drug-likeness (QED) is 0.833. The molecule has 0 bridgehead atoms. The second kappa shape index (κ2) is 9.34. The van der Waals surface area contributed by atoms with Crippen molar-refractivity contribution < 1.29 is 18.0 Å². The molecule has 1 aliphatic heterocycles. The molecule has 9 heteroatoms. The third kappa shape index (κ3) is 5.72. The molecule has 2 N–H and O–H groups in total. The Morgan fingerprint density at radius 2 is 1.96 bits per heavy atom. The fraction of sp³-hybridized carbons (Fsp3) is 0.533. The number of carbonyl (C=O) groups is 1. The van der Waals surface area contributed by atoms with Crippen LogP contribution in [0.4, 0.5) is 24.5 Å². The molecule has 2 rings (SSSR count). The lowest BCUT2D eigenvalue weighted by Crippen LogP contribution is -2.37. The molecule has 1 atom stereocenters. The first-order valence-corrected chi connectivity index (χ1v) is 7.19. The Kier molecular flexibility index (Phi) is 8.88. The molecule has 0 aromatic heterocycles. The van der Waals surface area contributed by atoms with Crippen LogP contribution in [0.3, 0.4) is 0 Å². The van der Waals surface area contributed by atoms with E-state index in [1.807, 2.05) is 0 Å². The summed E-state index contributed by atoms with van der Waals surface area (Å²) in [6.07, 6.45) is -2.80. The van der Waals surface area contributed by atoms with E-state index in [9.17, 15) is 18.0 Å². The SMILES string of the molecule is CN(C)c1ccc(C(F)(F)F)cc1NC(=O)C1CCCNC1.Cl.Cl. The van der Waals surface area contributed by atoms with Gasteiger partial charge in [-0.1, -0.05) is 0 Å². The Hall–Kier alpha value is -1.18. The first kappa shape index (κ1) is 22.8. The highest BCUT2D eigenvalue weighted by molar-refractivity contribution is 5.96. The zero-order chi connectivity index (χ0) is 16.3. The Morgan fingerprint density at radius 3 is 2.46 bits per heavy atom. The zero-order valence-corrected chi connectivity index (χ0v) is 15.1. The Bertz CT molecular complexity index is 547. The average molecular weight is 388 g/mol. The second-order valence-corrected chi connectivity index (χ2v) is 5.66. The van der Waals surface area contributed by atoms with E-state index >= 15 is 0 Å². The minimum absolute atomic E-state index is 0. The summed E-state index contributed by atoms with van der Waals surface area (Å²) < 4.78 is 38.6. The van der Waals surface area contributed by atoms with Gasteiger partial charge in [-0.25, -0.2) is 0 Å². The molecule has 1 unspecified atom stereocenters. The molecule has 1 aromatic rings. The maximum absolute atomic E-state index is 12.9. The van der Waals surface area contributed by atoms with Crippen molar-refractivity contribution in [1.82, 2.24) is 5.32 Å². The van der Waals surface area contributed by atoms with Gasteiger partial charge in [-0.15, -0.1) is 24.8 Å². The van der Waals surface area contributed by atoms with Crippen molar-refractivity contribution in [2.45, 2.75) is 19.0 Å². The summed E-state index contributed by atoms with van der Waals surface area (Å²) in [5, 5.41) is 5.78. The third-order valence-corrected chi connectivity index (χ3v) is 3.73. The number of nitrogens with zero attached hydrogens (tertiary/aromatic N) is 1. The first-order valence-electron chi connectivity index (χ1n) is 7.19. The van der Waals surface area contributed by atoms with Gasteiger partial charge >= 0.3 is 6.18 Å². The minimum Gasteiger partial charge on any atom is -0.376 e. The van der Waals surface area contributed by atoms with Gasteiger partial charge in [0.2, 0.25) is 5.91 Å². The van der Waals surface area contributed by atoms with E-state index in [4.69, 9.17) is 0 Å². The summed E-state index contributed by atoms with van der Waals surface area (Å²) in [6, 6.07) is 3.38. The van der Waals surface area contributed by atoms with E-state index in [1.165, 1.54) is 6.07 Å². The van der Waals surface area contributed by atoms with Crippen molar-refractivity contribution in [3.8, 4) is 0 Å². The van der Waals surface area contributed by atoms with Crippen LogP contribution in [0.5, 0.6) is 0 Å². The lowest BCUT2D eigenvalue weighted by Gasteiger charge is -2.24. The Balaban J connectivity index is 0.00000264. The number of amides is 1. The van der Waals surface area contributed by atoms with Crippen molar-refractivity contribution in [1.29, 1.82) is 0 Å². The lowest BCUT2D eigenvalue weighted by molar-refractivity contribution is -0.137. The fourth-order valence-corrected chi connectivity index (χ4v) is 2.51. The third-order valence-electron chi connectivity index (χ3n) is 3.73. The van der Waals surface area contributed by atoms with Crippen LogP contribution < -0.4 is 15.5 Å². The standard InChI is InChI=1S/C15H20F3N3O.2ClH/c1-21(2)13-6-5-11(15(16,17)18)8-12(13)20-14(22)10-4-3-7-19-9-10;;/h5-6,8,10,19H,3-4,7,9H2,1-2H3,(H,20,22);2*1H. The van der Waals surface area contributed by atoms with Crippen LogP contribution in [-0.4, -0.2) is 33.1 Å². The summed E-state index contributed by atoms with van der Waals surface area (Å²) in [5.41, 5.74) is -0.0318. The first-order chi connectivity index (χ1) is 10.3. The molecular formula is C15H22Cl2F3N3O. The predicted octanol–water partition coefficient (Wildman–Crippen LogP) is 3.55. The van der Waals surface area contributed by atoms with Crippen molar-refractivity contribution in [2.75, 3.05) is 37.4 Å². The molecule has 1 saturated heterocycles. The highest BCUT2D eigenvalue weighted by Crippen LogP contribution is 2.35. The van der Waals surface area contributed by atoms with Gasteiger partial charge in [0.25, 0.3) is 0 Å². The molecule has 1 amide bonds. The topological polar surface area (TPSA) is 44.4 Å². The van der Waals surface area contributed by atoms with Gasteiger partial charge in [0.15, 0.2) is 0 Å². The van der Waals surface area contributed by atoms with Crippen LogP contribution in [0.2, 0.25) is 0 Å². The minimum atomic E-state index is -4.43. The molecule has 0 aliphatic carbocycles. The van der Waals surface area contributed by atoms with Gasteiger partial charge in [0.1, 0.15) is 0 Å². The zero-order valence-electron chi connectivity index (χ0n) is 13.4. The normalized spacial score (nSPS) is 17.3. The lowest BCUT2D eigenvalue weighted by atomic mass is 9.98. The van der Waals surface area contributed by atoms with Crippen LogP contribution in [0, 0.1) is 5.92 Å². The van der Waals surface area contributed by atoms with Gasteiger partial charge in [-0.05, 0) is 37.6 Å². The van der Waals surface area contributed by atoms with Crippen LogP contribution in [0.25, 0.3) is 0 Å². The smallest absolute Gasteiger partial charge is 0.376 e. The largest absolute Gasteiger partial charge is 0.416 e. The number of hydrogen-bond donors (Lipinski definition) is 2. The summed E-state index contributed by atoms with van der Waals surface area (Å²) in [5.74, 6) is -0.451. The van der Waals surface area contributed by atoms with Gasteiger partial charge in [-0.3, -0.25) is 4.79 Å². The van der Waals surface area contributed by atoms with Gasteiger partial charge in [0, 0.05) is 20.6 Å². The van der Waals surface area contributed by atoms with Crippen LogP contribution in [-0.2, 0) is 11.0 Å². The maximum atomic E-state index is 12.9. The van der Waals surface area contributed by atoms with Gasteiger partial charge in [0.05, 0.1) is 22.9 Å². The molecule has 1 aliphatic rings. The molecule has 0 radical (unpaired) electrons. The number of piperidine rings is 1. The molecule has 24 heavy (non-hydrogen) atoms. The van der Waals surface area contributed by atoms with Crippen molar-refractivity contribution in [3.63, 3.8) is 0 Å². The van der Waals surface area contributed by atoms with E-state index in [2.05, 4.69) is 10.6 Å². The predicted molar refractivity (Wildman–Crippen MR) is 94.5 cm³/mol. The molecule has 0 saturated carbocycles. The molecule has 0 spiro atoms. The summed E-state index contributed by atoms with van der Waals surface area (Å²) in [4.78, 5) is 13.9. The molecular weight excluding hydrogens is 366 g/mol. The molecule has 1 aromatic carbocycles. The van der Waals surface area contributed by atoms with Crippen molar-refractivity contribution in [2.24, 2.45) is 5.92 Å². The number of alkyl halides is 3. The maximum Gasteiger partial charge on any atom is 0.416 e. The Morgan fingerprint density at radius 1 is 1.29 bits per heavy atom. The number of benzene rings is 1. The number of rotatable bonds is 3. The van der Waals surface area contributed by atoms with Gasteiger partial charge < -0.3 is 15.5 Å².